The summed E-state index contributed by atoms with van der Waals surface area (Å²) in [6, 6.07) is 11.2. The number of para-hydroxylation sites is 1. The zero-order valence-electron chi connectivity index (χ0n) is 10.8. The van der Waals surface area contributed by atoms with Gasteiger partial charge < -0.3 is 10.4 Å². The Hall–Kier alpha value is -2.61. The quantitative estimate of drug-likeness (QED) is 0.888. The van der Waals surface area contributed by atoms with Crippen molar-refractivity contribution in [2.75, 3.05) is 11.9 Å². The van der Waals surface area contributed by atoms with Crippen LogP contribution in [0.15, 0.2) is 30.3 Å². The van der Waals surface area contributed by atoms with E-state index in [1.54, 1.807) is 6.07 Å². The third-order valence-electron chi connectivity index (χ3n) is 3.75. The van der Waals surface area contributed by atoms with Crippen molar-refractivity contribution in [2.24, 2.45) is 5.41 Å². The van der Waals surface area contributed by atoms with E-state index in [1.807, 2.05) is 24.3 Å². The van der Waals surface area contributed by atoms with Crippen LogP contribution in [0.2, 0.25) is 0 Å². The van der Waals surface area contributed by atoms with Crippen LogP contribution in [0.5, 0.6) is 0 Å². The van der Waals surface area contributed by atoms with Crippen molar-refractivity contribution in [3.05, 3.63) is 35.9 Å². The number of benzene rings is 1. The van der Waals surface area contributed by atoms with Crippen molar-refractivity contribution in [2.45, 2.75) is 12.8 Å². The summed E-state index contributed by atoms with van der Waals surface area (Å²) in [7, 11) is 0. The van der Waals surface area contributed by atoms with E-state index in [4.69, 9.17) is 5.11 Å². The lowest BCUT2D eigenvalue weighted by atomic mass is 10.1. The van der Waals surface area contributed by atoms with Gasteiger partial charge in [0.2, 0.25) is 0 Å². The first kappa shape index (κ1) is 12.4. The van der Waals surface area contributed by atoms with Crippen molar-refractivity contribution in [1.29, 1.82) is 5.26 Å². The van der Waals surface area contributed by atoms with E-state index in [0.29, 0.717) is 30.8 Å². The minimum absolute atomic E-state index is 0.346. The van der Waals surface area contributed by atoms with Crippen LogP contribution in [-0.2, 0) is 4.79 Å². The lowest BCUT2D eigenvalue weighted by Gasteiger charge is -2.12. The molecular weight excluding hydrogens is 254 g/mol. The molecule has 1 saturated carbocycles. The van der Waals surface area contributed by atoms with Crippen LogP contribution >= 0.6 is 0 Å². The molecule has 0 unspecified atom stereocenters. The van der Waals surface area contributed by atoms with E-state index in [-0.39, 0.29) is 0 Å². The maximum atomic E-state index is 11.1. The summed E-state index contributed by atoms with van der Waals surface area (Å²) in [4.78, 5) is 15.5. The Morgan fingerprint density at radius 3 is 2.85 bits per heavy atom. The Bertz CT molecular complexity index is 729. The molecule has 0 atom stereocenters. The minimum atomic E-state index is -0.772. The maximum Gasteiger partial charge on any atom is 0.311 e. The molecule has 0 bridgehead atoms. The van der Waals surface area contributed by atoms with E-state index in [0.717, 1.165) is 10.9 Å². The lowest BCUT2D eigenvalue weighted by molar-refractivity contribution is -0.142. The van der Waals surface area contributed by atoms with Gasteiger partial charge in [-0.3, -0.25) is 4.79 Å². The second-order valence-electron chi connectivity index (χ2n) is 5.12. The molecule has 100 valence electrons. The number of hydrogen-bond acceptors (Lipinski definition) is 4. The molecule has 0 radical (unpaired) electrons. The highest BCUT2D eigenvalue weighted by atomic mass is 16.4. The highest BCUT2D eigenvalue weighted by Gasteiger charge is 2.50. The molecule has 1 heterocycles. The molecule has 1 aromatic carbocycles. The number of carboxylic acids is 1. The topological polar surface area (TPSA) is 86.0 Å². The average molecular weight is 267 g/mol. The first-order valence-electron chi connectivity index (χ1n) is 6.42. The van der Waals surface area contributed by atoms with Crippen LogP contribution in [0.3, 0.4) is 0 Å². The fraction of sp³-hybridized carbons (Fsp3) is 0.267. The molecular formula is C15H13N3O2. The highest BCUT2D eigenvalue weighted by Crippen LogP contribution is 2.45. The molecule has 2 N–H and O–H groups in total. The minimum Gasteiger partial charge on any atom is -0.481 e. The van der Waals surface area contributed by atoms with Crippen molar-refractivity contribution in [3.8, 4) is 6.07 Å². The summed E-state index contributed by atoms with van der Waals surface area (Å²) in [6.45, 7) is 0.346. The standard InChI is InChI=1S/C15H13N3O2/c16-8-10-7-13(17-9-15(5-6-15)14(19)20)18-12-4-2-1-3-11(10)12/h1-4,7H,5-6,9H2,(H,17,18)(H,19,20). The number of aromatic nitrogens is 1. The summed E-state index contributed by atoms with van der Waals surface area (Å²) >= 11 is 0. The number of carboxylic acid groups (broad SMARTS) is 1. The predicted molar refractivity (Wildman–Crippen MR) is 74.3 cm³/mol. The van der Waals surface area contributed by atoms with Gasteiger partial charge in [-0.1, -0.05) is 18.2 Å². The zero-order chi connectivity index (χ0) is 14.2. The van der Waals surface area contributed by atoms with Crippen LogP contribution in [0.1, 0.15) is 18.4 Å². The number of anilines is 1. The van der Waals surface area contributed by atoms with Crippen LogP contribution in [0.4, 0.5) is 5.82 Å². The smallest absolute Gasteiger partial charge is 0.311 e. The fourth-order valence-corrected chi connectivity index (χ4v) is 2.24. The van der Waals surface area contributed by atoms with Gasteiger partial charge in [0, 0.05) is 11.9 Å². The molecule has 5 nitrogen and oxygen atoms in total. The summed E-state index contributed by atoms with van der Waals surface area (Å²) < 4.78 is 0. The molecule has 20 heavy (non-hydrogen) atoms. The van der Waals surface area contributed by atoms with E-state index >= 15 is 0 Å². The van der Waals surface area contributed by atoms with E-state index in [2.05, 4.69) is 16.4 Å². The number of hydrogen-bond donors (Lipinski definition) is 2. The van der Waals surface area contributed by atoms with Crippen LogP contribution in [0.25, 0.3) is 10.9 Å². The van der Waals surface area contributed by atoms with Gasteiger partial charge in [-0.15, -0.1) is 0 Å². The molecule has 0 aliphatic heterocycles. The number of nitrogens with zero attached hydrogens (tertiary/aromatic N) is 2. The average Bonchev–Trinajstić information content (AvgIpc) is 3.25. The zero-order valence-corrected chi connectivity index (χ0v) is 10.8. The van der Waals surface area contributed by atoms with E-state index in [1.165, 1.54) is 0 Å². The Balaban J connectivity index is 1.89. The van der Waals surface area contributed by atoms with Crippen LogP contribution < -0.4 is 5.32 Å². The van der Waals surface area contributed by atoms with Gasteiger partial charge in [0.15, 0.2) is 0 Å². The van der Waals surface area contributed by atoms with Crippen molar-refractivity contribution < 1.29 is 9.90 Å². The van der Waals surface area contributed by atoms with Gasteiger partial charge in [0.1, 0.15) is 5.82 Å². The van der Waals surface area contributed by atoms with Crippen molar-refractivity contribution in [3.63, 3.8) is 0 Å². The number of pyridine rings is 1. The number of nitrogens with one attached hydrogen (secondary N) is 1. The molecule has 1 aromatic heterocycles. The van der Waals surface area contributed by atoms with Gasteiger partial charge in [-0.2, -0.15) is 5.26 Å². The van der Waals surface area contributed by atoms with Crippen molar-refractivity contribution in [1.82, 2.24) is 4.98 Å². The Morgan fingerprint density at radius 1 is 1.45 bits per heavy atom. The lowest BCUT2D eigenvalue weighted by Crippen LogP contribution is -2.24. The number of carbonyl (C=O) groups is 1. The predicted octanol–water partition coefficient (Wildman–Crippen LogP) is 2.38. The molecule has 2 aromatic rings. The molecule has 0 amide bonds. The van der Waals surface area contributed by atoms with E-state index in [9.17, 15) is 10.1 Å². The highest BCUT2D eigenvalue weighted by molar-refractivity contribution is 5.86. The third-order valence-corrected chi connectivity index (χ3v) is 3.75. The molecule has 0 saturated heterocycles. The van der Waals surface area contributed by atoms with Crippen LogP contribution in [-0.4, -0.2) is 22.6 Å². The number of fused-ring (bicyclic) bond motifs is 1. The van der Waals surface area contributed by atoms with Gasteiger partial charge >= 0.3 is 5.97 Å². The van der Waals surface area contributed by atoms with E-state index < -0.39 is 11.4 Å². The first-order valence-corrected chi connectivity index (χ1v) is 6.42. The third kappa shape index (κ3) is 2.05. The maximum absolute atomic E-state index is 11.1. The summed E-state index contributed by atoms with van der Waals surface area (Å²) in [6.07, 6.45) is 1.38. The van der Waals surface area contributed by atoms with Gasteiger partial charge in [0.25, 0.3) is 0 Å². The van der Waals surface area contributed by atoms with Gasteiger partial charge in [-0.25, -0.2) is 4.98 Å². The Morgan fingerprint density at radius 2 is 2.20 bits per heavy atom. The van der Waals surface area contributed by atoms with Crippen LogP contribution in [0, 0.1) is 16.7 Å². The largest absolute Gasteiger partial charge is 0.481 e. The number of rotatable bonds is 4. The Kier molecular flexibility index (Phi) is 2.79. The van der Waals surface area contributed by atoms with Gasteiger partial charge in [0.05, 0.1) is 22.6 Å². The van der Waals surface area contributed by atoms with Gasteiger partial charge in [-0.05, 0) is 25.0 Å². The second-order valence-corrected chi connectivity index (χ2v) is 5.12. The Labute approximate surface area is 115 Å². The molecule has 5 heteroatoms. The second kappa shape index (κ2) is 4.49. The monoisotopic (exact) mass is 267 g/mol. The molecule has 3 rings (SSSR count). The van der Waals surface area contributed by atoms with Crippen molar-refractivity contribution >= 4 is 22.7 Å². The number of aliphatic carboxylic acids is 1. The fourth-order valence-electron chi connectivity index (χ4n) is 2.24. The molecule has 1 fully saturated rings. The first-order chi connectivity index (χ1) is 9.64. The molecule has 1 aliphatic rings. The number of nitriles is 1. The SMILES string of the molecule is N#Cc1cc(NCC2(C(=O)O)CC2)nc2ccccc12. The summed E-state index contributed by atoms with van der Waals surface area (Å²) in [5.41, 5.74) is 0.618. The molecule has 1 aliphatic carbocycles. The summed E-state index contributed by atoms with van der Waals surface area (Å²) in [5.74, 6) is -0.223. The molecule has 0 spiro atoms. The summed E-state index contributed by atoms with van der Waals surface area (Å²) in [5, 5.41) is 22.2. The normalized spacial score (nSPS) is 15.6.